The van der Waals surface area contributed by atoms with Crippen LogP contribution in [0.2, 0.25) is 0 Å². The quantitative estimate of drug-likeness (QED) is 0.586. The second kappa shape index (κ2) is 8.63. The van der Waals surface area contributed by atoms with Gasteiger partial charge in [-0.05, 0) is 22.0 Å². The lowest BCUT2D eigenvalue weighted by Gasteiger charge is -2.38. The van der Waals surface area contributed by atoms with Crippen LogP contribution in [-0.2, 0) is 19.1 Å². The van der Waals surface area contributed by atoms with Gasteiger partial charge in [0.1, 0.15) is 34.8 Å². The molecule has 5 rings (SSSR count). The number of ketones is 2. The van der Waals surface area contributed by atoms with Gasteiger partial charge in [-0.1, -0.05) is 52.0 Å². The molecule has 4 N–H and O–H groups in total. The van der Waals surface area contributed by atoms with Crippen molar-refractivity contribution in [2.75, 3.05) is 0 Å². The van der Waals surface area contributed by atoms with Crippen LogP contribution < -0.4 is 11.5 Å². The number of benzene rings is 1. The van der Waals surface area contributed by atoms with Crippen LogP contribution in [0.15, 0.2) is 69.8 Å². The van der Waals surface area contributed by atoms with Crippen LogP contribution >= 0.6 is 0 Å². The van der Waals surface area contributed by atoms with Gasteiger partial charge in [0, 0.05) is 36.8 Å². The molecular formula is C30H30N4O4. The summed E-state index contributed by atoms with van der Waals surface area (Å²) >= 11 is 0. The van der Waals surface area contributed by atoms with Crippen LogP contribution in [-0.4, -0.2) is 11.6 Å². The zero-order valence-electron chi connectivity index (χ0n) is 22.0. The Bertz CT molecular complexity index is 1400. The largest absolute Gasteiger partial charge is 0.444 e. The standard InChI is InChI=1S/C30H30N4O4/c1-29(2)9-19(35)25-21(11-29)37-27(33)17(13-31)23(25)15-6-5-7-16(8-15)24-18(14-32)28(34)38-22-12-30(3,4)10-20(36)26(22)24/h5-8,23-24H,9-12,33-34H2,1-4H3/t23-,24+. The highest BCUT2D eigenvalue weighted by Crippen LogP contribution is 2.50. The zero-order valence-corrected chi connectivity index (χ0v) is 22.0. The molecule has 8 heteroatoms. The van der Waals surface area contributed by atoms with E-state index in [4.69, 9.17) is 20.9 Å². The first-order valence-electron chi connectivity index (χ1n) is 12.6. The van der Waals surface area contributed by atoms with Crippen molar-refractivity contribution in [3.63, 3.8) is 0 Å². The van der Waals surface area contributed by atoms with Crippen LogP contribution in [0.4, 0.5) is 0 Å². The number of rotatable bonds is 2. The Hall–Kier alpha value is -4.30. The maximum atomic E-state index is 13.4. The van der Waals surface area contributed by atoms with Gasteiger partial charge in [0.05, 0.1) is 11.8 Å². The Morgan fingerprint density at radius 1 is 0.763 bits per heavy atom. The van der Waals surface area contributed by atoms with Crippen molar-refractivity contribution in [1.29, 1.82) is 10.5 Å². The first kappa shape index (κ1) is 25.4. The van der Waals surface area contributed by atoms with Gasteiger partial charge in [-0.15, -0.1) is 0 Å². The lowest BCUT2D eigenvalue weighted by Crippen LogP contribution is -2.34. The average molecular weight is 511 g/mol. The number of hydrogen-bond donors (Lipinski definition) is 2. The number of nitriles is 2. The molecule has 0 amide bonds. The molecule has 0 saturated heterocycles. The van der Waals surface area contributed by atoms with Gasteiger partial charge in [-0.25, -0.2) is 0 Å². The van der Waals surface area contributed by atoms with Crippen molar-refractivity contribution in [1.82, 2.24) is 0 Å². The van der Waals surface area contributed by atoms with Gasteiger partial charge in [-0.3, -0.25) is 9.59 Å². The molecule has 0 saturated carbocycles. The highest BCUT2D eigenvalue weighted by molar-refractivity contribution is 6.01. The van der Waals surface area contributed by atoms with Gasteiger partial charge in [-0.2, -0.15) is 10.5 Å². The number of allylic oxidation sites excluding steroid dienone is 6. The van der Waals surface area contributed by atoms with E-state index in [-0.39, 0.29) is 45.3 Å². The SMILES string of the molecule is CC1(C)CC(=O)C2=C(C1)OC(N)=C(C#N)[C@H]2c1cccc([C@H]2C(C#N)=C(N)OC3=C2C(=O)CC(C)(C)C3)c1. The molecule has 2 aliphatic carbocycles. The van der Waals surface area contributed by atoms with E-state index in [0.717, 1.165) is 0 Å². The summed E-state index contributed by atoms with van der Waals surface area (Å²) in [6.45, 7) is 7.97. The fourth-order valence-corrected chi connectivity index (χ4v) is 6.15. The Balaban J connectivity index is 1.67. The van der Waals surface area contributed by atoms with E-state index in [1.807, 2.05) is 45.9 Å². The summed E-state index contributed by atoms with van der Waals surface area (Å²) in [5.41, 5.74) is 14.3. The molecule has 0 aromatic heterocycles. The maximum Gasteiger partial charge on any atom is 0.205 e. The number of hydrogen-bond acceptors (Lipinski definition) is 8. The minimum atomic E-state index is -0.714. The molecule has 2 heterocycles. The average Bonchev–Trinajstić information content (AvgIpc) is 2.80. The zero-order chi connectivity index (χ0) is 27.6. The van der Waals surface area contributed by atoms with Gasteiger partial charge >= 0.3 is 0 Å². The molecule has 2 aliphatic heterocycles. The van der Waals surface area contributed by atoms with E-state index in [0.29, 0.717) is 59.5 Å². The Morgan fingerprint density at radius 2 is 1.16 bits per heavy atom. The molecule has 0 unspecified atom stereocenters. The first-order valence-corrected chi connectivity index (χ1v) is 12.6. The van der Waals surface area contributed by atoms with Crippen molar-refractivity contribution in [2.45, 2.75) is 65.2 Å². The first-order chi connectivity index (χ1) is 17.9. The number of nitrogens with zero attached hydrogens (tertiary/aromatic N) is 2. The van der Waals surface area contributed by atoms with Gasteiger partial charge in [0.2, 0.25) is 11.8 Å². The Morgan fingerprint density at radius 3 is 1.53 bits per heavy atom. The van der Waals surface area contributed by atoms with E-state index < -0.39 is 11.8 Å². The van der Waals surface area contributed by atoms with Crippen molar-refractivity contribution >= 4 is 11.6 Å². The lowest BCUT2D eigenvalue weighted by atomic mass is 9.68. The smallest absolute Gasteiger partial charge is 0.205 e. The fourth-order valence-electron chi connectivity index (χ4n) is 6.15. The summed E-state index contributed by atoms with van der Waals surface area (Å²) in [5.74, 6) is -0.670. The Labute approximate surface area is 221 Å². The number of Topliss-reactive ketones (excluding diaryl/α,β-unsaturated/α-hetero) is 2. The van der Waals surface area contributed by atoms with Crippen LogP contribution in [0, 0.1) is 33.5 Å². The normalized spacial score (nSPS) is 26.2. The predicted octanol–water partition coefficient (Wildman–Crippen LogP) is 4.59. The molecule has 0 radical (unpaired) electrons. The molecule has 0 bridgehead atoms. The summed E-state index contributed by atoms with van der Waals surface area (Å²) in [5, 5.41) is 20.0. The highest BCUT2D eigenvalue weighted by atomic mass is 16.5. The maximum absolute atomic E-state index is 13.4. The van der Waals surface area contributed by atoms with E-state index >= 15 is 0 Å². The van der Waals surface area contributed by atoms with E-state index in [1.165, 1.54) is 0 Å². The minimum absolute atomic E-state index is 0.0187. The highest BCUT2D eigenvalue weighted by Gasteiger charge is 2.45. The molecule has 0 fully saturated rings. The molecule has 194 valence electrons. The second-order valence-electron chi connectivity index (χ2n) is 12.1. The monoisotopic (exact) mass is 510 g/mol. The predicted molar refractivity (Wildman–Crippen MR) is 138 cm³/mol. The summed E-state index contributed by atoms with van der Waals surface area (Å²) < 4.78 is 11.6. The number of carbonyl (C=O) groups excluding carboxylic acids is 2. The number of carbonyl (C=O) groups is 2. The van der Waals surface area contributed by atoms with Crippen molar-refractivity contribution in [2.24, 2.45) is 22.3 Å². The molecule has 1 aromatic carbocycles. The molecule has 8 nitrogen and oxygen atoms in total. The number of ether oxygens (including phenoxy) is 2. The summed E-state index contributed by atoms with van der Waals surface area (Å²) in [6, 6.07) is 11.5. The van der Waals surface area contributed by atoms with Crippen LogP contribution in [0.5, 0.6) is 0 Å². The molecular weight excluding hydrogens is 480 g/mol. The molecule has 0 spiro atoms. The third-order valence-corrected chi connectivity index (χ3v) is 7.73. The van der Waals surface area contributed by atoms with E-state index in [2.05, 4.69) is 12.1 Å². The summed E-state index contributed by atoms with van der Waals surface area (Å²) in [6.07, 6.45) is 1.68. The van der Waals surface area contributed by atoms with Crippen LogP contribution in [0.1, 0.15) is 76.3 Å². The molecule has 1 aromatic rings. The summed E-state index contributed by atoms with van der Waals surface area (Å²) in [7, 11) is 0. The van der Waals surface area contributed by atoms with Crippen molar-refractivity contribution in [3.05, 3.63) is 81.0 Å². The minimum Gasteiger partial charge on any atom is -0.444 e. The van der Waals surface area contributed by atoms with Gasteiger partial charge < -0.3 is 20.9 Å². The molecule has 4 aliphatic rings. The van der Waals surface area contributed by atoms with Crippen molar-refractivity contribution in [3.8, 4) is 12.1 Å². The summed E-state index contributed by atoms with van der Waals surface area (Å²) in [4.78, 5) is 26.7. The van der Waals surface area contributed by atoms with E-state index in [9.17, 15) is 20.1 Å². The van der Waals surface area contributed by atoms with Crippen molar-refractivity contribution < 1.29 is 19.1 Å². The molecule has 38 heavy (non-hydrogen) atoms. The van der Waals surface area contributed by atoms with Gasteiger partial charge in [0.25, 0.3) is 0 Å². The third kappa shape index (κ3) is 4.07. The van der Waals surface area contributed by atoms with Crippen LogP contribution in [0.25, 0.3) is 0 Å². The topological polar surface area (TPSA) is 152 Å². The lowest BCUT2D eigenvalue weighted by molar-refractivity contribution is -0.119. The van der Waals surface area contributed by atoms with E-state index in [1.54, 1.807) is 6.07 Å². The second-order valence-corrected chi connectivity index (χ2v) is 12.1. The fraction of sp³-hybridized carbons (Fsp3) is 0.400. The van der Waals surface area contributed by atoms with Gasteiger partial charge in [0.15, 0.2) is 11.6 Å². The number of nitrogens with two attached hydrogens (primary N) is 2. The van der Waals surface area contributed by atoms with Crippen LogP contribution in [0.3, 0.4) is 0 Å². The Kier molecular flexibility index (Phi) is 5.76. The molecule has 2 atom stereocenters. The third-order valence-electron chi connectivity index (χ3n) is 7.73.